The Morgan fingerprint density at radius 3 is 2.23 bits per heavy atom. The zero-order chi connectivity index (χ0) is 16.8. The molecule has 0 fully saturated rings. The lowest BCUT2D eigenvalue weighted by Gasteiger charge is -2.15. The van der Waals surface area contributed by atoms with E-state index in [1.165, 1.54) is 6.04 Å². The number of rotatable bonds is 5. The van der Waals surface area contributed by atoms with Crippen molar-refractivity contribution in [2.75, 3.05) is 6.61 Å². The molecule has 0 amide bonds. The number of aromatic nitrogens is 4. The van der Waals surface area contributed by atoms with Crippen molar-refractivity contribution >= 4 is 39.9 Å². The molecule has 8 heteroatoms. The van der Waals surface area contributed by atoms with Gasteiger partial charge in [0.05, 0.1) is 0 Å². The third-order valence-electron chi connectivity index (χ3n) is 2.84. The number of nitrogens with zero attached hydrogens (tertiary/aromatic N) is 3. The van der Waals surface area contributed by atoms with E-state index in [0.717, 1.165) is 27.2 Å². The van der Waals surface area contributed by atoms with E-state index in [9.17, 15) is 0 Å². The zero-order valence-corrected chi connectivity index (χ0v) is 18.0. The largest absolute Gasteiger partial charge is 0.360 e. The van der Waals surface area contributed by atoms with Crippen LogP contribution >= 0.6 is 31.9 Å². The summed E-state index contributed by atoms with van der Waals surface area (Å²) < 4.78 is 9.21. The maximum Gasteiger partial charge on any atom is 0.139 e. The van der Waals surface area contributed by atoms with E-state index >= 15 is 0 Å². The van der Waals surface area contributed by atoms with Crippen molar-refractivity contribution in [2.45, 2.75) is 46.3 Å². The Kier molecular flexibility index (Phi) is 8.02. The van der Waals surface area contributed by atoms with Crippen LogP contribution in [-0.2, 0) is 11.5 Å². The summed E-state index contributed by atoms with van der Waals surface area (Å²) in [6, 6.07) is 5.11. The third-order valence-corrected chi connectivity index (χ3v) is 5.33. The summed E-state index contributed by atoms with van der Waals surface area (Å²) in [5.74, 6) is 0. The van der Waals surface area contributed by atoms with Crippen LogP contribution in [0.15, 0.2) is 21.3 Å². The van der Waals surface area contributed by atoms with Crippen LogP contribution in [-0.4, -0.2) is 34.7 Å². The molecule has 0 radical (unpaired) electrons. The summed E-state index contributed by atoms with van der Waals surface area (Å²) >= 11 is 6.53. The second-order valence-corrected chi connectivity index (χ2v) is 13.6. The van der Waals surface area contributed by atoms with Crippen molar-refractivity contribution in [3.8, 4) is 0 Å². The van der Waals surface area contributed by atoms with Gasteiger partial charge in [-0.2, -0.15) is 10.2 Å². The van der Waals surface area contributed by atoms with E-state index in [2.05, 4.69) is 66.8 Å². The number of aryl methyl sites for hydroxylation is 2. The Morgan fingerprint density at radius 1 is 1.18 bits per heavy atom. The average Bonchev–Trinajstić information content (AvgIpc) is 2.90. The van der Waals surface area contributed by atoms with Crippen molar-refractivity contribution in [3.05, 3.63) is 32.7 Å². The second kappa shape index (κ2) is 9.00. The van der Waals surface area contributed by atoms with Gasteiger partial charge in [-0.05, 0) is 63.9 Å². The minimum atomic E-state index is -0.968. The maximum atomic E-state index is 5.60. The first-order valence-electron chi connectivity index (χ1n) is 7.12. The third kappa shape index (κ3) is 8.26. The van der Waals surface area contributed by atoms with Gasteiger partial charge in [0.15, 0.2) is 0 Å². The molecule has 0 saturated carbocycles. The molecule has 0 saturated heterocycles. The fourth-order valence-electron chi connectivity index (χ4n) is 1.51. The minimum absolute atomic E-state index is 0.557. The highest BCUT2D eigenvalue weighted by molar-refractivity contribution is 9.10. The molecule has 0 aliphatic heterocycles. The van der Waals surface area contributed by atoms with Crippen LogP contribution in [0.25, 0.3) is 0 Å². The SMILES string of the molecule is Cc1cc(Br)n[nH]1.Cc1cc(Br)nn1COCC[Si](C)(C)C. The molecule has 0 bridgehead atoms. The number of halogens is 2. The van der Waals surface area contributed by atoms with Crippen LogP contribution in [0.4, 0.5) is 0 Å². The number of hydrogen-bond acceptors (Lipinski definition) is 3. The number of ether oxygens (including phenoxy) is 1. The summed E-state index contributed by atoms with van der Waals surface area (Å²) in [6.07, 6.45) is 0. The molecule has 2 aromatic rings. The summed E-state index contributed by atoms with van der Waals surface area (Å²) in [4.78, 5) is 0. The Morgan fingerprint density at radius 2 is 1.86 bits per heavy atom. The molecular formula is C14H24Br2N4OSi. The number of H-pyrrole nitrogens is 1. The Balaban J connectivity index is 0.000000287. The number of hydrogen-bond donors (Lipinski definition) is 1. The van der Waals surface area contributed by atoms with Crippen LogP contribution in [0.1, 0.15) is 11.4 Å². The Labute approximate surface area is 150 Å². The van der Waals surface area contributed by atoms with Gasteiger partial charge in [-0.3, -0.25) is 5.10 Å². The molecular weight excluding hydrogens is 428 g/mol. The lowest BCUT2D eigenvalue weighted by atomic mass is 10.5. The highest BCUT2D eigenvalue weighted by Crippen LogP contribution is 2.11. The van der Waals surface area contributed by atoms with Crippen molar-refractivity contribution in [1.29, 1.82) is 0 Å². The van der Waals surface area contributed by atoms with Crippen molar-refractivity contribution in [2.24, 2.45) is 0 Å². The Hall–Kier alpha value is -0.443. The second-order valence-electron chi connectivity index (χ2n) is 6.33. The van der Waals surface area contributed by atoms with E-state index in [1.54, 1.807) is 0 Å². The van der Waals surface area contributed by atoms with Crippen LogP contribution < -0.4 is 0 Å². The maximum absolute atomic E-state index is 5.60. The van der Waals surface area contributed by atoms with Crippen molar-refractivity contribution in [3.63, 3.8) is 0 Å². The number of nitrogens with one attached hydrogen (secondary N) is 1. The van der Waals surface area contributed by atoms with Gasteiger partial charge >= 0.3 is 0 Å². The molecule has 0 atom stereocenters. The van der Waals surface area contributed by atoms with Gasteiger partial charge < -0.3 is 4.74 Å². The predicted octanol–water partition coefficient (Wildman–Crippen LogP) is 4.75. The first-order chi connectivity index (χ1) is 10.2. The van der Waals surface area contributed by atoms with Gasteiger partial charge in [0.1, 0.15) is 15.9 Å². The normalized spacial score (nSPS) is 11.2. The lowest BCUT2D eigenvalue weighted by molar-refractivity contribution is 0.0769. The molecule has 0 unspecified atom stereocenters. The van der Waals surface area contributed by atoms with Crippen LogP contribution in [0.2, 0.25) is 25.7 Å². The van der Waals surface area contributed by atoms with Gasteiger partial charge in [-0.1, -0.05) is 19.6 Å². The van der Waals surface area contributed by atoms with E-state index in [1.807, 2.05) is 30.7 Å². The van der Waals surface area contributed by atoms with Gasteiger partial charge in [-0.15, -0.1) is 0 Å². The molecule has 1 N–H and O–H groups in total. The molecule has 0 aliphatic rings. The molecule has 2 aromatic heterocycles. The summed E-state index contributed by atoms with van der Waals surface area (Å²) in [6.45, 7) is 12.4. The minimum Gasteiger partial charge on any atom is -0.360 e. The molecule has 22 heavy (non-hydrogen) atoms. The van der Waals surface area contributed by atoms with E-state index in [4.69, 9.17) is 4.74 Å². The Bertz CT molecular complexity index is 561. The molecule has 124 valence electrons. The highest BCUT2D eigenvalue weighted by atomic mass is 79.9. The fourth-order valence-corrected chi connectivity index (χ4v) is 3.23. The van der Waals surface area contributed by atoms with Gasteiger partial charge in [0, 0.05) is 26.1 Å². The fraction of sp³-hybridized carbons (Fsp3) is 0.571. The smallest absolute Gasteiger partial charge is 0.139 e. The van der Waals surface area contributed by atoms with Crippen LogP contribution in [0.3, 0.4) is 0 Å². The van der Waals surface area contributed by atoms with Crippen LogP contribution in [0, 0.1) is 13.8 Å². The molecule has 2 rings (SSSR count). The van der Waals surface area contributed by atoms with E-state index < -0.39 is 8.07 Å². The molecule has 0 aliphatic carbocycles. The summed E-state index contributed by atoms with van der Waals surface area (Å²) in [7, 11) is -0.968. The monoisotopic (exact) mass is 450 g/mol. The topological polar surface area (TPSA) is 55.7 Å². The quantitative estimate of drug-likeness (QED) is 0.527. The lowest BCUT2D eigenvalue weighted by Crippen LogP contribution is -2.22. The highest BCUT2D eigenvalue weighted by Gasteiger charge is 2.12. The molecule has 2 heterocycles. The van der Waals surface area contributed by atoms with E-state index in [0.29, 0.717) is 6.73 Å². The standard InChI is InChI=1S/C10H19BrN2OSi.C4H5BrN2/c1-9-7-10(11)12-13(9)8-14-5-6-15(2,3)4;1-3-2-4(5)7-6-3/h7H,5-6,8H2,1-4H3;2H,1H3,(H,6,7). The van der Waals surface area contributed by atoms with Crippen molar-refractivity contribution in [1.82, 2.24) is 20.0 Å². The van der Waals surface area contributed by atoms with E-state index in [-0.39, 0.29) is 0 Å². The van der Waals surface area contributed by atoms with Gasteiger partial charge in [0.2, 0.25) is 0 Å². The van der Waals surface area contributed by atoms with Gasteiger partial charge in [-0.25, -0.2) is 4.68 Å². The van der Waals surface area contributed by atoms with Gasteiger partial charge in [0.25, 0.3) is 0 Å². The predicted molar refractivity (Wildman–Crippen MR) is 99.8 cm³/mol. The summed E-state index contributed by atoms with van der Waals surface area (Å²) in [5, 5.41) is 10.8. The number of aromatic amines is 1. The van der Waals surface area contributed by atoms with Crippen molar-refractivity contribution < 1.29 is 4.74 Å². The zero-order valence-electron chi connectivity index (χ0n) is 13.8. The first-order valence-corrected chi connectivity index (χ1v) is 12.4. The first kappa shape index (κ1) is 19.6. The molecule has 5 nitrogen and oxygen atoms in total. The molecule has 0 aromatic carbocycles. The van der Waals surface area contributed by atoms with Crippen LogP contribution in [0.5, 0.6) is 0 Å². The average molecular weight is 452 g/mol. The summed E-state index contributed by atoms with van der Waals surface area (Å²) in [5.41, 5.74) is 2.20. The molecule has 0 spiro atoms.